The largest absolute Gasteiger partial charge is 0.482 e. The van der Waals surface area contributed by atoms with Gasteiger partial charge < -0.3 is 10.5 Å². The average Bonchev–Trinajstić information content (AvgIpc) is 2.45. The van der Waals surface area contributed by atoms with Gasteiger partial charge in [-0.25, -0.2) is 0 Å². The van der Waals surface area contributed by atoms with Crippen molar-refractivity contribution in [2.24, 2.45) is 0 Å². The molecule has 0 heterocycles. The molecule has 0 aromatic heterocycles. The number of carbonyl (C=O) groups excluding carboxylic acids is 1. The van der Waals surface area contributed by atoms with Gasteiger partial charge in [-0.1, -0.05) is 18.2 Å². The number of ether oxygens (including phenoxy) is 1. The zero-order valence-corrected chi connectivity index (χ0v) is 14.0. The molecular formula is C15H11BrF3NO2S. The van der Waals surface area contributed by atoms with Crippen molar-refractivity contribution in [3.8, 4) is 5.75 Å². The van der Waals surface area contributed by atoms with E-state index in [9.17, 15) is 18.0 Å². The molecule has 0 unspecified atom stereocenters. The van der Waals surface area contributed by atoms with Gasteiger partial charge in [-0.05, 0) is 52.0 Å². The topological polar surface area (TPSA) is 52.3 Å². The molecule has 2 N–H and O–H groups in total. The number of rotatable bonds is 5. The Morgan fingerprint density at radius 1 is 1.22 bits per heavy atom. The summed E-state index contributed by atoms with van der Waals surface area (Å²) < 4.78 is 43.1. The summed E-state index contributed by atoms with van der Waals surface area (Å²) in [6, 6.07) is 10.4. The van der Waals surface area contributed by atoms with Crippen molar-refractivity contribution >= 4 is 39.2 Å². The van der Waals surface area contributed by atoms with Gasteiger partial charge in [0.1, 0.15) is 0 Å². The molecule has 2 aromatic rings. The molecule has 0 fully saturated rings. The van der Waals surface area contributed by atoms with Crippen molar-refractivity contribution in [2.75, 3.05) is 12.3 Å². The number of ketones is 1. The number of halogens is 4. The number of hydrogen-bond acceptors (Lipinski definition) is 4. The van der Waals surface area contributed by atoms with Crippen molar-refractivity contribution in [1.29, 1.82) is 0 Å². The molecule has 2 rings (SSSR count). The molecule has 0 saturated carbocycles. The maximum absolute atomic E-state index is 12.4. The van der Waals surface area contributed by atoms with Gasteiger partial charge in [0.25, 0.3) is 0 Å². The van der Waals surface area contributed by atoms with Gasteiger partial charge in [0.2, 0.25) is 0 Å². The third-order valence-electron chi connectivity index (χ3n) is 2.73. The van der Waals surface area contributed by atoms with Crippen LogP contribution in [0.15, 0.2) is 51.8 Å². The summed E-state index contributed by atoms with van der Waals surface area (Å²) in [5.74, 6) is -0.119. The molecule has 0 bridgehead atoms. The van der Waals surface area contributed by atoms with Crippen LogP contribution in [0.5, 0.6) is 5.75 Å². The summed E-state index contributed by atoms with van der Waals surface area (Å²) in [5.41, 5.74) is 1.84. The van der Waals surface area contributed by atoms with E-state index in [1.807, 2.05) is 0 Å². The Balaban J connectivity index is 2.08. The third-order valence-corrected chi connectivity index (χ3v) is 4.08. The van der Waals surface area contributed by atoms with E-state index in [4.69, 9.17) is 10.5 Å². The number of alkyl halides is 3. The highest BCUT2D eigenvalue weighted by atomic mass is 79.9. The molecule has 23 heavy (non-hydrogen) atoms. The number of nitrogen functional groups attached to an aromatic ring is 1. The van der Waals surface area contributed by atoms with Crippen LogP contribution in [0.25, 0.3) is 0 Å². The van der Waals surface area contributed by atoms with Crippen LogP contribution in [0, 0.1) is 0 Å². The van der Waals surface area contributed by atoms with Gasteiger partial charge in [-0.15, -0.1) is 0 Å². The molecule has 0 aliphatic rings. The number of nitrogens with two attached hydrogens (primary N) is 1. The SMILES string of the molecule is Nc1cccc(Br)c1OCC(=O)c1cccc(SC(F)(F)F)c1. The summed E-state index contributed by atoms with van der Waals surface area (Å²) >= 11 is 2.98. The lowest BCUT2D eigenvalue weighted by molar-refractivity contribution is -0.0328. The molecule has 122 valence electrons. The first kappa shape index (κ1) is 17.7. The van der Waals surface area contributed by atoms with Crippen molar-refractivity contribution in [2.45, 2.75) is 10.4 Å². The van der Waals surface area contributed by atoms with Crippen LogP contribution in [0.2, 0.25) is 0 Å². The molecule has 0 aliphatic carbocycles. The zero-order chi connectivity index (χ0) is 17.0. The van der Waals surface area contributed by atoms with E-state index in [0.29, 0.717) is 15.9 Å². The standard InChI is InChI=1S/C15H11BrF3NO2S/c16-11-5-2-6-12(20)14(11)22-8-13(21)9-3-1-4-10(7-9)23-15(17,18)19/h1-7H,8,20H2. The Morgan fingerprint density at radius 2 is 1.91 bits per heavy atom. The van der Waals surface area contributed by atoms with Gasteiger partial charge in [0.15, 0.2) is 18.1 Å². The first-order valence-electron chi connectivity index (χ1n) is 6.32. The van der Waals surface area contributed by atoms with E-state index in [2.05, 4.69) is 15.9 Å². The molecular weight excluding hydrogens is 395 g/mol. The van der Waals surface area contributed by atoms with Crippen LogP contribution < -0.4 is 10.5 Å². The van der Waals surface area contributed by atoms with Crippen molar-refractivity contribution in [3.63, 3.8) is 0 Å². The van der Waals surface area contributed by atoms with Crippen LogP contribution in [0.1, 0.15) is 10.4 Å². The zero-order valence-electron chi connectivity index (χ0n) is 11.6. The highest BCUT2D eigenvalue weighted by molar-refractivity contribution is 9.10. The van der Waals surface area contributed by atoms with Gasteiger partial charge in [0.05, 0.1) is 10.2 Å². The number of carbonyl (C=O) groups is 1. The number of para-hydroxylation sites is 1. The maximum Gasteiger partial charge on any atom is 0.446 e. The lowest BCUT2D eigenvalue weighted by Gasteiger charge is -2.11. The first-order valence-corrected chi connectivity index (χ1v) is 7.93. The molecule has 0 saturated heterocycles. The van der Waals surface area contributed by atoms with Gasteiger partial charge in [0, 0.05) is 10.5 Å². The minimum absolute atomic E-state index is 0.0521. The van der Waals surface area contributed by atoms with E-state index in [-0.39, 0.29) is 28.8 Å². The van der Waals surface area contributed by atoms with Gasteiger partial charge >= 0.3 is 5.51 Å². The minimum atomic E-state index is -4.40. The van der Waals surface area contributed by atoms with E-state index < -0.39 is 11.3 Å². The Hall–Kier alpha value is -1.67. The Kier molecular flexibility index (Phi) is 5.59. The molecule has 2 aromatic carbocycles. The van der Waals surface area contributed by atoms with Crippen molar-refractivity contribution in [3.05, 3.63) is 52.5 Å². The number of thioether (sulfide) groups is 1. The van der Waals surface area contributed by atoms with Crippen LogP contribution in [0.3, 0.4) is 0 Å². The molecule has 0 amide bonds. The van der Waals surface area contributed by atoms with E-state index >= 15 is 0 Å². The molecule has 0 atom stereocenters. The quantitative estimate of drug-likeness (QED) is 0.436. The summed E-state index contributed by atoms with van der Waals surface area (Å²) in [4.78, 5) is 12.0. The van der Waals surface area contributed by atoms with Crippen LogP contribution in [0.4, 0.5) is 18.9 Å². The fourth-order valence-corrected chi connectivity index (χ4v) is 2.86. The Bertz CT molecular complexity index is 702. The second-order valence-electron chi connectivity index (χ2n) is 4.45. The lowest BCUT2D eigenvalue weighted by atomic mass is 10.1. The Morgan fingerprint density at radius 3 is 2.57 bits per heavy atom. The molecule has 0 aliphatic heterocycles. The Labute approximate surface area is 143 Å². The monoisotopic (exact) mass is 405 g/mol. The molecule has 3 nitrogen and oxygen atoms in total. The molecule has 0 spiro atoms. The fourth-order valence-electron chi connectivity index (χ4n) is 1.77. The summed E-state index contributed by atoms with van der Waals surface area (Å²) in [7, 11) is 0. The summed E-state index contributed by atoms with van der Waals surface area (Å²) in [5, 5.41) is 0. The maximum atomic E-state index is 12.4. The highest BCUT2D eigenvalue weighted by Gasteiger charge is 2.29. The predicted molar refractivity (Wildman–Crippen MR) is 86.7 cm³/mol. The van der Waals surface area contributed by atoms with Gasteiger partial charge in [-0.3, -0.25) is 4.79 Å². The van der Waals surface area contributed by atoms with Crippen LogP contribution >= 0.6 is 27.7 Å². The van der Waals surface area contributed by atoms with Crippen molar-refractivity contribution < 1.29 is 22.7 Å². The number of Topliss-reactive ketones (excluding diaryl/α,β-unsaturated/α-hetero) is 1. The third kappa shape index (κ3) is 5.18. The predicted octanol–water partition coefficient (Wildman–Crippen LogP) is 4.90. The number of anilines is 1. The van der Waals surface area contributed by atoms with Crippen LogP contribution in [-0.2, 0) is 0 Å². The normalized spacial score (nSPS) is 11.3. The van der Waals surface area contributed by atoms with Crippen LogP contribution in [-0.4, -0.2) is 17.9 Å². The smallest absolute Gasteiger partial charge is 0.446 e. The number of benzene rings is 2. The summed E-state index contributed by atoms with van der Waals surface area (Å²) in [6.45, 7) is -0.326. The van der Waals surface area contributed by atoms with E-state index in [1.54, 1.807) is 18.2 Å². The second kappa shape index (κ2) is 7.27. The molecule has 0 radical (unpaired) electrons. The lowest BCUT2D eigenvalue weighted by Crippen LogP contribution is -2.13. The molecule has 8 heteroatoms. The highest BCUT2D eigenvalue weighted by Crippen LogP contribution is 2.37. The number of hydrogen-bond donors (Lipinski definition) is 1. The summed E-state index contributed by atoms with van der Waals surface area (Å²) in [6.07, 6.45) is 0. The minimum Gasteiger partial charge on any atom is -0.482 e. The van der Waals surface area contributed by atoms with E-state index in [0.717, 1.165) is 0 Å². The average molecular weight is 406 g/mol. The second-order valence-corrected chi connectivity index (χ2v) is 6.44. The van der Waals surface area contributed by atoms with E-state index in [1.165, 1.54) is 24.3 Å². The van der Waals surface area contributed by atoms with Crippen molar-refractivity contribution in [1.82, 2.24) is 0 Å². The fraction of sp³-hybridized carbons (Fsp3) is 0.133. The first-order chi connectivity index (χ1) is 10.8. The van der Waals surface area contributed by atoms with Gasteiger partial charge in [-0.2, -0.15) is 13.2 Å².